The van der Waals surface area contributed by atoms with Crippen LogP contribution in [0.5, 0.6) is 0 Å². The van der Waals surface area contributed by atoms with Crippen molar-refractivity contribution >= 4 is 43.4 Å². The molecule has 3 nitrogen and oxygen atoms in total. The van der Waals surface area contributed by atoms with Crippen LogP contribution < -0.4 is 0 Å². The van der Waals surface area contributed by atoms with Crippen LogP contribution in [-0.2, 0) is 0 Å². The smallest absolute Gasteiger partial charge is 0.160 e. The van der Waals surface area contributed by atoms with E-state index in [0.717, 1.165) is 38.9 Å². The van der Waals surface area contributed by atoms with Gasteiger partial charge in [-0.15, -0.1) is 0 Å². The minimum atomic E-state index is 0.714. The van der Waals surface area contributed by atoms with Gasteiger partial charge in [0.25, 0.3) is 0 Å². The predicted molar refractivity (Wildman–Crippen MR) is 188 cm³/mol. The zero-order chi connectivity index (χ0) is 29.7. The summed E-state index contributed by atoms with van der Waals surface area (Å²) in [6.07, 6.45) is 0. The van der Waals surface area contributed by atoms with Gasteiger partial charge < -0.3 is 4.57 Å². The van der Waals surface area contributed by atoms with Gasteiger partial charge in [-0.25, -0.2) is 9.97 Å². The van der Waals surface area contributed by atoms with Gasteiger partial charge in [-0.3, -0.25) is 0 Å². The third kappa shape index (κ3) is 4.05. The first-order chi connectivity index (χ1) is 22.3. The van der Waals surface area contributed by atoms with Gasteiger partial charge in [-0.2, -0.15) is 0 Å². The summed E-state index contributed by atoms with van der Waals surface area (Å²) in [5.41, 5.74) is 8.55. The lowest BCUT2D eigenvalue weighted by atomic mass is 9.92. The highest BCUT2D eigenvalue weighted by Gasteiger charge is 2.21. The van der Waals surface area contributed by atoms with E-state index in [-0.39, 0.29) is 0 Å². The van der Waals surface area contributed by atoms with Gasteiger partial charge in [0.2, 0.25) is 0 Å². The number of fused-ring (bicyclic) bond motifs is 5. The van der Waals surface area contributed by atoms with Crippen molar-refractivity contribution in [2.75, 3.05) is 0 Å². The van der Waals surface area contributed by atoms with Gasteiger partial charge in [-0.1, -0.05) is 146 Å². The highest BCUT2D eigenvalue weighted by atomic mass is 15.0. The SMILES string of the molecule is c1ccc(-c2cc(-c3c4ccccc4c(-n4c5ccccc5c5ccccc54)c4ccccc34)nc(-c3ccccc3)n2)cc1. The first kappa shape index (κ1) is 25.4. The molecule has 0 spiro atoms. The van der Waals surface area contributed by atoms with Gasteiger partial charge in [-0.05, 0) is 29.0 Å². The monoisotopic (exact) mass is 573 g/mol. The summed E-state index contributed by atoms with van der Waals surface area (Å²) in [7, 11) is 0. The van der Waals surface area contributed by atoms with Crippen molar-refractivity contribution in [1.29, 1.82) is 0 Å². The molecule has 0 bridgehead atoms. The largest absolute Gasteiger partial charge is 0.308 e. The summed E-state index contributed by atoms with van der Waals surface area (Å²) in [6, 6.07) is 57.8. The van der Waals surface area contributed by atoms with Gasteiger partial charge >= 0.3 is 0 Å². The van der Waals surface area contributed by atoms with Crippen molar-refractivity contribution in [3.63, 3.8) is 0 Å². The van der Waals surface area contributed by atoms with Crippen molar-refractivity contribution in [2.24, 2.45) is 0 Å². The van der Waals surface area contributed by atoms with Crippen molar-refractivity contribution in [1.82, 2.24) is 14.5 Å². The topological polar surface area (TPSA) is 30.7 Å². The summed E-state index contributed by atoms with van der Waals surface area (Å²) in [4.78, 5) is 10.3. The van der Waals surface area contributed by atoms with Gasteiger partial charge in [0.1, 0.15) is 0 Å². The van der Waals surface area contributed by atoms with E-state index in [2.05, 4.69) is 144 Å². The number of para-hydroxylation sites is 2. The second-order valence-electron chi connectivity index (χ2n) is 11.4. The summed E-state index contributed by atoms with van der Waals surface area (Å²) < 4.78 is 2.45. The second-order valence-corrected chi connectivity index (χ2v) is 11.4. The molecular formula is C42H27N3. The van der Waals surface area contributed by atoms with Crippen LogP contribution in [-0.4, -0.2) is 14.5 Å². The number of rotatable bonds is 4. The Labute approximate surface area is 260 Å². The average molecular weight is 574 g/mol. The van der Waals surface area contributed by atoms with Crippen LogP contribution in [0.4, 0.5) is 0 Å². The van der Waals surface area contributed by atoms with Crippen LogP contribution in [0, 0.1) is 0 Å². The third-order valence-electron chi connectivity index (χ3n) is 8.79. The first-order valence-corrected chi connectivity index (χ1v) is 15.3. The lowest BCUT2D eigenvalue weighted by Gasteiger charge is -2.19. The molecule has 7 aromatic carbocycles. The maximum Gasteiger partial charge on any atom is 0.160 e. The zero-order valence-electron chi connectivity index (χ0n) is 24.4. The van der Waals surface area contributed by atoms with Crippen LogP contribution >= 0.6 is 0 Å². The maximum atomic E-state index is 5.27. The lowest BCUT2D eigenvalue weighted by molar-refractivity contribution is 1.18. The molecule has 9 rings (SSSR count). The Bertz CT molecular complexity index is 2360. The Morgan fingerprint density at radius 1 is 0.356 bits per heavy atom. The van der Waals surface area contributed by atoms with E-state index < -0.39 is 0 Å². The van der Waals surface area contributed by atoms with Crippen LogP contribution in [0.25, 0.3) is 82.9 Å². The molecule has 0 amide bonds. The van der Waals surface area contributed by atoms with E-state index in [4.69, 9.17) is 9.97 Å². The summed E-state index contributed by atoms with van der Waals surface area (Å²) in [5, 5.41) is 7.18. The second kappa shape index (κ2) is 10.3. The van der Waals surface area contributed by atoms with Crippen LogP contribution in [0.1, 0.15) is 0 Å². The molecule has 210 valence electrons. The number of aromatic nitrogens is 3. The molecule has 9 aromatic rings. The predicted octanol–water partition coefficient (Wildman–Crippen LogP) is 10.9. The Morgan fingerprint density at radius 2 is 0.778 bits per heavy atom. The van der Waals surface area contributed by atoms with E-state index in [9.17, 15) is 0 Å². The molecular weight excluding hydrogens is 546 g/mol. The van der Waals surface area contributed by atoms with E-state index in [0.29, 0.717) is 5.82 Å². The Hall–Kier alpha value is -6.06. The number of nitrogens with zero attached hydrogens (tertiary/aromatic N) is 3. The fraction of sp³-hybridized carbons (Fsp3) is 0. The van der Waals surface area contributed by atoms with E-state index in [1.807, 2.05) is 24.3 Å². The van der Waals surface area contributed by atoms with Gasteiger partial charge in [0.15, 0.2) is 5.82 Å². The zero-order valence-corrected chi connectivity index (χ0v) is 24.4. The minimum absolute atomic E-state index is 0.714. The summed E-state index contributed by atoms with van der Waals surface area (Å²) in [6.45, 7) is 0. The first-order valence-electron chi connectivity index (χ1n) is 15.3. The highest BCUT2D eigenvalue weighted by molar-refractivity contribution is 6.20. The molecule has 0 radical (unpaired) electrons. The standard InChI is InChI=1S/C42H27N3/c1-3-15-28(16-4-1)36-27-37(44-42(43-36)29-17-5-2-6-18-29)40-32-21-7-9-23-34(32)41(35-24-10-8-22-33(35)40)45-38-25-13-11-19-30(38)31-20-12-14-26-39(31)45/h1-27H. The van der Waals surface area contributed by atoms with Crippen molar-refractivity contribution in [2.45, 2.75) is 0 Å². The Morgan fingerprint density at radius 3 is 1.33 bits per heavy atom. The minimum Gasteiger partial charge on any atom is -0.308 e. The lowest BCUT2D eigenvalue weighted by Crippen LogP contribution is -2.01. The molecule has 2 heterocycles. The van der Waals surface area contributed by atoms with E-state index >= 15 is 0 Å². The molecule has 0 aliphatic heterocycles. The van der Waals surface area contributed by atoms with Crippen LogP contribution in [0.3, 0.4) is 0 Å². The molecule has 0 atom stereocenters. The summed E-state index contributed by atoms with van der Waals surface area (Å²) in [5.74, 6) is 0.714. The Kier molecular flexibility index (Phi) is 5.82. The molecule has 2 aromatic heterocycles. The molecule has 0 unspecified atom stereocenters. The fourth-order valence-electron chi connectivity index (χ4n) is 6.83. The highest BCUT2D eigenvalue weighted by Crippen LogP contribution is 2.44. The maximum absolute atomic E-state index is 5.27. The number of hydrogen-bond donors (Lipinski definition) is 0. The molecule has 0 saturated heterocycles. The van der Waals surface area contributed by atoms with E-state index in [1.165, 1.54) is 38.3 Å². The number of benzene rings is 7. The number of hydrogen-bond acceptors (Lipinski definition) is 2. The molecule has 0 N–H and O–H groups in total. The molecule has 3 heteroatoms. The summed E-state index contributed by atoms with van der Waals surface area (Å²) >= 11 is 0. The van der Waals surface area contributed by atoms with Crippen LogP contribution in [0.15, 0.2) is 164 Å². The van der Waals surface area contributed by atoms with Crippen molar-refractivity contribution in [3.8, 4) is 39.6 Å². The van der Waals surface area contributed by atoms with Crippen molar-refractivity contribution < 1.29 is 0 Å². The van der Waals surface area contributed by atoms with Crippen LogP contribution in [0.2, 0.25) is 0 Å². The molecule has 0 fully saturated rings. The van der Waals surface area contributed by atoms with Gasteiger partial charge in [0.05, 0.1) is 28.1 Å². The Balaban J connectivity index is 1.42. The molecule has 0 saturated carbocycles. The molecule has 0 aliphatic carbocycles. The van der Waals surface area contributed by atoms with Gasteiger partial charge in [0, 0.05) is 38.2 Å². The average Bonchev–Trinajstić information content (AvgIpc) is 3.45. The molecule has 0 aliphatic rings. The molecule has 45 heavy (non-hydrogen) atoms. The quantitative estimate of drug-likeness (QED) is 0.196. The fourth-order valence-corrected chi connectivity index (χ4v) is 6.83. The van der Waals surface area contributed by atoms with E-state index in [1.54, 1.807) is 0 Å². The third-order valence-corrected chi connectivity index (χ3v) is 8.79. The normalized spacial score (nSPS) is 11.6. The van der Waals surface area contributed by atoms with Crippen molar-refractivity contribution in [3.05, 3.63) is 164 Å².